The van der Waals surface area contributed by atoms with Crippen molar-refractivity contribution in [1.29, 1.82) is 0 Å². The number of carboxylic acids is 1. The number of para-hydroxylation sites is 1. The van der Waals surface area contributed by atoms with Crippen molar-refractivity contribution < 1.29 is 33.8 Å². The number of rotatable bonds is 12. The topological polar surface area (TPSA) is 181 Å². The van der Waals surface area contributed by atoms with Gasteiger partial charge >= 0.3 is 12.0 Å². The maximum Gasteiger partial charge on any atom is 0.323 e. The predicted octanol–water partition coefficient (Wildman–Crippen LogP) is 3.64. The molecule has 0 spiro atoms. The number of aryl methyl sites for hydroxylation is 1. The number of benzene rings is 3. The lowest BCUT2D eigenvalue weighted by atomic mass is 10.0. The monoisotopic (exact) mass is 563 g/mol. The molecule has 41 heavy (non-hydrogen) atoms. The summed E-state index contributed by atoms with van der Waals surface area (Å²) in [6.07, 6.45) is -0.764. The van der Waals surface area contributed by atoms with Crippen molar-refractivity contribution in [3.8, 4) is 11.5 Å². The number of aliphatic carboxylic acids is 1. The van der Waals surface area contributed by atoms with E-state index in [2.05, 4.69) is 21.3 Å². The van der Waals surface area contributed by atoms with Crippen molar-refractivity contribution in [3.05, 3.63) is 77.9 Å². The first-order chi connectivity index (χ1) is 19.6. The Morgan fingerprint density at radius 1 is 0.829 bits per heavy atom. The number of methoxy groups -OCH3 is 2. The second kappa shape index (κ2) is 14.3. The normalized spacial score (nSPS) is 11.9. The van der Waals surface area contributed by atoms with Gasteiger partial charge in [-0.2, -0.15) is 0 Å². The van der Waals surface area contributed by atoms with E-state index in [1.807, 2.05) is 25.1 Å². The van der Waals surface area contributed by atoms with E-state index in [0.29, 0.717) is 34.1 Å². The third-order valence-corrected chi connectivity index (χ3v) is 6.07. The smallest absolute Gasteiger partial charge is 0.323 e. The lowest BCUT2D eigenvalue weighted by Crippen LogP contribution is -2.44. The van der Waals surface area contributed by atoms with E-state index in [1.54, 1.807) is 48.5 Å². The number of nitrogens with two attached hydrogens (primary N) is 1. The van der Waals surface area contributed by atoms with Crippen LogP contribution in [0.4, 0.5) is 21.9 Å². The first-order valence-electron chi connectivity index (χ1n) is 12.6. The van der Waals surface area contributed by atoms with Gasteiger partial charge in [-0.3, -0.25) is 14.4 Å². The van der Waals surface area contributed by atoms with Crippen molar-refractivity contribution in [1.82, 2.24) is 5.32 Å². The summed E-state index contributed by atoms with van der Waals surface area (Å²) < 4.78 is 10.5. The summed E-state index contributed by atoms with van der Waals surface area (Å²) in [5.74, 6) is -1.54. The van der Waals surface area contributed by atoms with Crippen LogP contribution in [0.2, 0.25) is 0 Å². The highest BCUT2D eigenvalue weighted by atomic mass is 16.5. The summed E-state index contributed by atoms with van der Waals surface area (Å²) in [5, 5.41) is 20.1. The number of carbonyl (C=O) groups is 4. The molecule has 0 fully saturated rings. The zero-order chi connectivity index (χ0) is 29.9. The van der Waals surface area contributed by atoms with Gasteiger partial charge in [0.15, 0.2) is 11.5 Å². The van der Waals surface area contributed by atoms with Gasteiger partial charge < -0.3 is 41.6 Å². The highest BCUT2D eigenvalue weighted by Crippen LogP contribution is 2.31. The fourth-order valence-corrected chi connectivity index (χ4v) is 3.91. The van der Waals surface area contributed by atoms with Crippen LogP contribution in [0.25, 0.3) is 0 Å². The summed E-state index contributed by atoms with van der Waals surface area (Å²) in [7, 11) is 2.91. The first-order valence-corrected chi connectivity index (χ1v) is 12.6. The number of carboxylic acid groups (broad SMARTS) is 1. The molecule has 2 unspecified atom stereocenters. The van der Waals surface area contributed by atoms with Crippen LogP contribution in [0.3, 0.4) is 0 Å². The van der Waals surface area contributed by atoms with E-state index in [0.717, 1.165) is 5.56 Å². The third-order valence-electron chi connectivity index (χ3n) is 6.07. The molecule has 0 heterocycles. The minimum Gasteiger partial charge on any atom is -0.493 e. The van der Waals surface area contributed by atoms with E-state index in [-0.39, 0.29) is 6.42 Å². The van der Waals surface area contributed by atoms with Crippen molar-refractivity contribution in [2.45, 2.75) is 31.8 Å². The molecule has 0 aliphatic rings. The Balaban J connectivity index is 1.55. The van der Waals surface area contributed by atoms with E-state index in [9.17, 15) is 24.3 Å². The Hall–Kier alpha value is -5.10. The molecule has 3 rings (SSSR count). The van der Waals surface area contributed by atoms with Gasteiger partial charge in [-0.1, -0.05) is 24.3 Å². The third kappa shape index (κ3) is 8.97. The van der Waals surface area contributed by atoms with Crippen LogP contribution in [0.15, 0.2) is 66.7 Å². The van der Waals surface area contributed by atoms with Gasteiger partial charge in [0, 0.05) is 17.1 Å². The van der Waals surface area contributed by atoms with Gasteiger partial charge in [0.2, 0.25) is 11.8 Å². The molecular weight excluding hydrogens is 530 g/mol. The number of anilines is 3. The van der Waals surface area contributed by atoms with Crippen molar-refractivity contribution in [2.75, 3.05) is 30.2 Å². The Morgan fingerprint density at radius 2 is 1.46 bits per heavy atom. The molecule has 12 nitrogen and oxygen atoms in total. The van der Waals surface area contributed by atoms with Crippen LogP contribution < -0.4 is 36.5 Å². The number of nitrogens with one attached hydrogen (secondary N) is 4. The van der Waals surface area contributed by atoms with Gasteiger partial charge in [0.1, 0.15) is 0 Å². The Bertz CT molecular complexity index is 1390. The Labute approximate surface area is 237 Å². The number of ether oxygens (including phenoxy) is 2. The SMILES string of the molecule is COc1ccc(C(CC(=O)O)NC(=O)C(N)CC(=O)Nc2ccc(NC(=O)Nc3ccccc3C)cc2)cc1OC. The van der Waals surface area contributed by atoms with Crippen LogP contribution in [0, 0.1) is 6.92 Å². The fraction of sp³-hybridized carbons (Fsp3) is 0.241. The molecule has 0 aliphatic carbocycles. The summed E-state index contributed by atoms with van der Waals surface area (Å²) in [6, 6.07) is 16.0. The second-order valence-electron chi connectivity index (χ2n) is 9.10. The Kier molecular flexibility index (Phi) is 10.6. The molecule has 0 aliphatic heterocycles. The predicted molar refractivity (Wildman–Crippen MR) is 154 cm³/mol. The summed E-state index contributed by atoms with van der Waals surface area (Å²) in [4.78, 5) is 49.0. The van der Waals surface area contributed by atoms with Crippen molar-refractivity contribution >= 4 is 40.9 Å². The molecule has 12 heteroatoms. The molecule has 3 aromatic rings. The zero-order valence-corrected chi connectivity index (χ0v) is 22.9. The van der Waals surface area contributed by atoms with Gasteiger partial charge in [0.05, 0.1) is 39.1 Å². The number of hydrogen-bond acceptors (Lipinski definition) is 7. The summed E-state index contributed by atoms with van der Waals surface area (Å²) in [6.45, 7) is 1.88. The number of hydrogen-bond donors (Lipinski definition) is 6. The molecule has 2 atom stereocenters. The highest BCUT2D eigenvalue weighted by molar-refractivity contribution is 6.00. The molecule has 0 radical (unpaired) electrons. The highest BCUT2D eigenvalue weighted by Gasteiger charge is 2.24. The van der Waals surface area contributed by atoms with Crippen LogP contribution >= 0.6 is 0 Å². The lowest BCUT2D eigenvalue weighted by Gasteiger charge is -2.21. The van der Waals surface area contributed by atoms with E-state index in [1.165, 1.54) is 14.2 Å². The first kappa shape index (κ1) is 30.4. The molecule has 3 aromatic carbocycles. The van der Waals surface area contributed by atoms with Crippen LogP contribution in [0.1, 0.15) is 30.0 Å². The lowest BCUT2D eigenvalue weighted by molar-refractivity contribution is -0.138. The van der Waals surface area contributed by atoms with Gasteiger partial charge in [-0.05, 0) is 60.5 Å². The number of carbonyl (C=O) groups excluding carboxylic acids is 3. The standard InChI is InChI=1S/C29H33N5O7/c1-17-6-4-5-7-22(17)34-29(39)32-20-11-9-19(10-12-20)31-26(35)15-21(30)28(38)33-23(16-27(36)37)18-8-13-24(40-2)25(14-18)41-3/h4-14,21,23H,15-16,30H2,1-3H3,(H,31,35)(H,33,38)(H,36,37)(H2,32,34,39). The molecule has 216 valence electrons. The van der Waals surface area contributed by atoms with Crippen LogP contribution in [-0.2, 0) is 14.4 Å². The van der Waals surface area contributed by atoms with E-state index >= 15 is 0 Å². The summed E-state index contributed by atoms with van der Waals surface area (Å²) >= 11 is 0. The summed E-state index contributed by atoms with van der Waals surface area (Å²) in [5.41, 5.74) is 8.98. The molecule has 7 N–H and O–H groups in total. The molecule has 0 saturated heterocycles. The molecule has 0 aromatic heterocycles. The zero-order valence-electron chi connectivity index (χ0n) is 22.9. The quantitative estimate of drug-likeness (QED) is 0.193. The minimum atomic E-state index is -1.24. The van der Waals surface area contributed by atoms with Gasteiger partial charge in [0.25, 0.3) is 0 Å². The Morgan fingerprint density at radius 3 is 2.07 bits per heavy atom. The minimum absolute atomic E-state index is 0.351. The second-order valence-corrected chi connectivity index (χ2v) is 9.10. The van der Waals surface area contributed by atoms with Crippen molar-refractivity contribution in [3.63, 3.8) is 0 Å². The molecule has 0 bridgehead atoms. The maximum absolute atomic E-state index is 12.8. The number of amides is 4. The van der Waals surface area contributed by atoms with E-state index in [4.69, 9.17) is 15.2 Å². The van der Waals surface area contributed by atoms with Crippen LogP contribution in [0.5, 0.6) is 11.5 Å². The van der Waals surface area contributed by atoms with Crippen molar-refractivity contribution in [2.24, 2.45) is 5.73 Å². The largest absolute Gasteiger partial charge is 0.493 e. The molecule has 4 amide bonds. The van der Waals surface area contributed by atoms with Gasteiger partial charge in [-0.25, -0.2) is 4.79 Å². The molecule has 0 saturated carbocycles. The molecular formula is C29H33N5O7. The fourth-order valence-electron chi connectivity index (χ4n) is 3.91. The van der Waals surface area contributed by atoms with Gasteiger partial charge in [-0.15, -0.1) is 0 Å². The average molecular weight is 564 g/mol. The average Bonchev–Trinajstić information content (AvgIpc) is 2.94. The van der Waals surface area contributed by atoms with Crippen LogP contribution in [-0.4, -0.2) is 49.2 Å². The van der Waals surface area contributed by atoms with E-state index < -0.39 is 42.3 Å². The number of urea groups is 1. The maximum atomic E-state index is 12.8.